The van der Waals surface area contributed by atoms with Crippen molar-refractivity contribution < 1.29 is 8.78 Å². The average molecular weight is 262 g/mol. The van der Waals surface area contributed by atoms with Gasteiger partial charge in [-0.3, -0.25) is 0 Å². The van der Waals surface area contributed by atoms with Gasteiger partial charge in [-0.15, -0.1) is 0 Å². The SMILES string of the molecule is FC(F)C1NCCc2cc(Br)ccc21. The molecule has 0 amide bonds. The number of alkyl halides is 2. The molecule has 0 aliphatic carbocycles. The predicted octanol–water partition coefficient (Wildman–Crippen LogP) is 2.90. The number of nitrogens with one attached hydrogen (secondary N) is 1. The largest absolute Gasteiger partial charge is 0.305 e. The lowest BCUT2D eigenvalue weighted by Gasteiger charge is -2.26. The lowest BCUT2D eigenvalue weighted by Crippen LogP contribution is -2.34. The Morgan fingerprint density at radius 1 is 1.43 bits per heavy atom. The first-order valence-electron chi connectivity index (χ1n) is 4.48. The Labute approximate surface area is 89.6 Å². The fraction of sp³-hybridized carbons (Fsp3) is 0.400. The number of benzene rings is 1. The standard InChI is InChI=1S/C10H10BrF2N/c11-7-1-2-8-6(5-7)3-4-14-9(8)10(12)13/h1-2,5,9-10,14H,3-4H2. The monoisotopic (exact) mass is 261 g/mol. The lowest BCUT2D eigenvalue weighted by molar-refractivity contribution is 0.0954. The summed E-state index contributed by atoms with van der Waals surface area (Å²) in [5, 5.41) is 2.83. The Kier molecular flexibility index (Phi) is 2.83. The van der Waals surface area contributed by atoms with Crippen molar-refractivity contribution in [2.24, 2.45) is 0 Å². The van der Waals surface area contributed by atoms with E-state index in [1.165, 1.54) is 0 Å². The lowest BCUT2D eigenvalue weighted by atomic mass is 9.95. The molecule has 1 unspecified atom stereocenters. The van der Waals surface area contributed by atoms with Crippen LogP contribution in [0.1, 0.15) is 17.2 Å². The highest BCUT2D eigenvalue weighted by Gasteiger charge is 2.27. The molecular weight excluding hydrogens is 252 g/mol. The van der Waals surface area contributed by atoms with Gasteiger partial charge in [0.15, 0.2) is 0 Å². The minimum atomic E-state index is -2.34. The summed E-state index contributed by atoms with van der Waals surface area (Å²) in [5.74, 6) is 0. The zero-order valence-corrected chi connectivity index (χ0v) is 9.02. The van der Waals surface area contributed by atoms with Crippen molar-refractivity contribution in [2.45, 2.75) is 18.9 Å². The molecule has 1 aromatic rings. The third-order valence-electron chi connectivity index (χ3n) is 2.45. The van der Waals surface area contributed by atoms with Crippen molar-refractivity contribution in [3.05, 3.63) is 33.8 Å². The van der Waals surface area contributed by atoms with Gasteiger partial charge in [0.05, 0.1) is 6.04 Å². The summed E-state index contributed by atoms with van der Waals surface area (Å²) in [6.07, 6.45) is -1.52. The minimum Gasteiger partial charge on any atom is -0.305 e. The molecule has 0 aromatic heterocycles. The molecule has 14 heavy (non-hydrogen) atoms. The molecule has 76 valence electrons. The van der Waals surface area contributed by atoms with Crippen molar-refractivity contribution in [1.82, 2.24) is 5.32 Å². The van der Waals surface area contributed by atoms with E-state index in [0.717, 1.165) is 22.0 Å². The van der Waals surface area contributed by atoms with E-state index in [0.29, 0.717) is 6.54 Å². The molecule has 1 atom stereocenters. The quantitative estimate of drug-likeness (QED) is 0.820. The minimum absolute atomic E-state index is 0.623. The van der Waals surface area contributed by atoms with Gasteiger partial charge < -0.3 is 5.32 Å². The molecule has 0 saturated heterocycles. The maximum Gasteiger partial charge on any atom is 0.257 e. The van der Waals surface area contributed by atoms with E-state index in [2.05, 4.69) is 21.2 Å². The van der Waals surface area contributed by atoms with Crippen LogP contribution in [0.3, 0.4) is 0 Å². The number of halogens is 3. The van der Waals surface area contributed by atoms with Crippen molar-refractivity contribution in [3.8, 4) is 0 Å². The Morgan fingerprint density at radius 3 is 2.93 bits per heavy atom. The van der Waals surface area contributed by atoms with Crippen LogP contribution in [0.25, 0.3) is 0 Å². The average Bonchev–Trinajstić information content (AvgIpc) is 2.16. The second-order valence-corrected chi connectivity index (χ2v) is 4.28. The topological polar surface area (TPSA) is 12.0 Å². The van der Waals surface area contributed by atoms with Crippen LogP contribution in [0.2, 0.25) is 0 Å². The number of hydrogen-bond donors (Lipinski definition) is 1. The number of rotatable bonds is 1. The maximum absolute atomic E-state index is 12.6. The van der Waals surface area contributed by atoms with E-state index in [-0.39, 0.29) is 0 Å². The highest BCUT2D eigenvalue weighted by atomic mass is 79.9. The van der Waals surface area contributed by atoms with Crippen molar-refractivity contribution in [2.75, 3.05) is 6.54 Å². The van der Waals surface area contributed by atoms with Gasteiger partial charge in [0.2, 0.25) is 0 Å². The van der Waals surface area contributed by atoms with Crippen LogP contribution in [-0.4, -0.2) is 13.0 Å². The second kappa shape index (κ2) is 3.95. The van der Waals surface area contributed by atoms with E-state index in [4.69, 9.17) is 0 Å². The molecule has 1 heterocycles. The van der Waals surface area contributed by atoms with E-state index in [9.17, 15) is 8.78 Å². The number of fused-ring (bicyclic) bond motifs is 1. The van der Waals surface area contributed by atoms with Crippen molar-refractivity contribution >= 4 is 15.9 Å². The molecule has 1 N–H and O–H groups in total. The smallest absolute Gasteiger partial charge is 0.257 e. The zero-order chi connectivity index (χ0) is 10.1. The van der Waals surface area contributed by atoms with Crippen molar-refractivity contribution in [1.29, 1.82) is 0 Å². The molecular formula is C10H10BrF2N. The summed E-state index contributed by atoms with van der Waals surface area (Å²) >= 11 is 3.34. The van der Waals surface area contributed by atoms with Crippen LogP contribution in [0, 0.1) is 0 Å². The number of hydrogen-bond acceptors (Lipinski definition) is 1. The third-order valence-corrected chi connectivity index (χ3v) is 2.94. The van der Waals surface area contributed by atoms with Crippen LogP contribution >= 0.6 is 15.9 Å². The summed E-state index contributed by atoms with van der Waals surface area (Å²) in [6.45, 7) is 0.623. The van der Waals surface area contributed by atoms with Gasteiger partial charge in [0.25, 0.3) is 6.43 Å². The summed E-state index contributed by atoms with van der Waals surface area (Å²) in [7, 11) is 0. The van der Waals surface area contributed by atoms with Gasteiger partial charge >= 0.3 is 0 Å². The molecule has 0 bridgehead atoms. The Hall–Kier alpha value is -0.480. The van der Waals surface area contributed by atoms with E-state index in [1.807, 2.05) is 6.07 Å². The van der Waals surface area contributed by atoms with Crippen LogP contribution in [0.5, 0.6) is 0 Å². The molecule has 1 aliphatic rings. The molecule has 0 radical (unpaired) electrons. The Morgan fingerprint density at radius 2 is 2.21 bits per heavy atom. The van der Waals surface area contributed by atoms with Crippen LogP contribution in [-0.2, 0) is 6.42 Å². The maximum atomic E-state index is 12.6. The van der Waals surface area contributed by atoms with Gasteiger partial charge in [0, 0.05) is 4.47 Å². The zero-order valence-electron chi connectivity index (χ0n) is 7.43. The van der Waals surface area contributed by atoms with Crippen molar-refractivity contribution in [3.63, 3.8) is 0 Å². The summed E-state index contributed by atoms with van der Waals surface area (Å²) in [5.41, 5.74) is 1.75. The molecule has 1 aliphatic heterocycles. The first-order chi connectivity index (χ1) is 6.68. The molecule has 0 spiro atoms. The fourth-order valence-corrected chi connectivity index (χ4v) is 2.20. The van der Waals surface area contributed by atoms with Crippen LogP contribution in [0.15, 0.2) is 22.7 Å². The van der Waals surface area contributed by atoms with E-state index < -0.39 is 12.5 Å². The van der Waals surface area contributed by atoms with E-state index in [1.54, 1.807) is 12.1 Å². The molecule has 1 aromatic carbocycles. The summed E-state index contributed by atoms with van der Waals surface area (Å²) in [6, 6.07) is 4.70. The Bertz CT molecular complexity index is 341. The first kappa shape index (κ1) is 10.1. The van der Waals surface area contributed by atoms with Gasteiger partial charge in [-0.25, -0.2) is 8.78 Å². The molecule has 0 saturated carbocycles. The summed E-state index contributed by atoms with van der Waals surface area (Å²) < 4.78 is 26.2. The predicted molar refractivity (Wildman–Crippen MR) is 54.6 cm³/mol. The van der Waals surface area contributed by atoms with Gasteiger partial charge in [-0.2, -0.15) is 0 Å². The molecule has 0 fully saturated rings. The van der Waals surface area contributed by atoms with Gasteiger partial charge in [-0.05, 0) is 36.2 Å². The van der Waals surface area contributed by atoms with Crippen LogP contribution < -0.4 is 5.32 Å². The van der Waals surface area contributed by atoms with Gasteiger partial charge in [0.1, 0.15) is 0 Å². The molecule has 1 nitrogen and oxygen atoms in total. The Balaban J connectivity index is 2.40. The highest BCUT2D eigenvalue weighted by molar-refractivity contribution is 9.10. The van der Waals surface area contributed by atoms with E-state index >= 15 is 0 Å². The van der Waals surface area contributed by atoms with Gasteiger partial charge in [-0.1, -0.05) is 22.0 Å². The third kappa shape index (κ3) is 1.81. The van der Waals surface area contributed by atoms with Crippen LogP contribution in [0.4, 0.5) is 8.78 Å². The normalized spacial score (nSPS) is 21.0. The second-order valence-electron chi connectivity index (χ2n) is 3.36. The molecule has 4 heteroatoms. The molecule has 2 rings (SSSR count). The first-order valence-corrected chi connectivity index (χ1v) is 5.27. The summed E-state index contributed by atoms with van der Waals surface area (Å²) in [4.78, 5) is 0. The highest BCUT2D eigenvalue weighted by Crippen LogP contribution is 2.29. The fourth-order valence-electron chi connectivity index (χ4n) is 1.79.